The van der Waals surface area contributed by atoms with Crippen molar-refractivity contribution in [1.29, 1.82) is 0 Å². The van der Waals surface area contributed by atoms with Gasteiger partial charge < -0.3 is 14.7 Å². The predicted octanol–water partition coefficient (Wildman–Crippen LogP) is 3.95. The number of aryl methyl sites for hydroxylation is 2. The van der Waals surface area contributed by atoms with Gasteiger partial charge in [0.2, 0.25) is 17.6 Å². The summed E-state index contributed by atoms with van der Waals surface area (Å²) < 4.78 is 19.9. The summed E-state index contributed by atoms with van der Waals surface area (Å²) in [5.74, 6) is 0.191. The van der Waals surface area contributed by atoms with Gasteiger partial charge in [-0.1, -0.05) is 5.16 Å². The van der Waals surface area contributed by atoms with Crippen LogP contribution in [0.15, 0.2) is 28.9 Å². The summed E-state index contributed by atoms with van der Waals surface area (Å²) in [4.78, 5) is 24.0. The Balaban J connectivity index is 1.57. The molecule has 28 heavy (non-hydrogen) atoms. The maximum absolute atomic E-state index is 14.9. The van der Waals surface area contributed by atoms with Gasteiger partial charge in [-0.3, -0.25) is 4.79 Å². The van der Waals surface area contributed by atoms with Gasteiger partial charge in [-0.05, 0) is 44.4 Å². The Morgan fingerprint density at radius 2 is 2.21 bits per heavy atom. The van der Waals surface area contributed by atoms with Crippen LogP contribution in [0.1, 0.15) is 30.0 Å². The molecular formula is C19H20FN5O2S. The number of rotatable bonds is 4. The molecule has 1 aliphatic rings. The first-order chi connectivity index (χ1) is 13.5. The smallest absolute Gasteiger partial charge is 0.248 e. The molecule has 3 aromatic rings. The molecule has 0 aliphatic carbocycles. The molecule has 0 saturated carbocycles. The van der Waals surface area contributed by atoms with Crippen molar-refractivity contribution in [3.63, 3.8) is 0 Å². The zero-order valence-corrected chi connectivity index (χ0v) is 16.4. The number of halogens is 1. The molecule has 9 heteroatoms. The lowest BCUT2D eigenvalue weighted by molar-refractivity contribution is -0.117. The molecule has 1 amide bonds. The van der Waals surface area contributed by atoms with E-state index in [1.165, 1.54) is 17.4 Å². The lowest BCUT2D eigenvalue weighted by Crippen LogP contribution is -2.47. The van der Waals surface area contributed by atoms with Crippen LogP contribution in [-0.4, -0.2) is 33.6 Å². The summed E-state index contributed by atoms with van der Waals surface area (Å²) in [6.45, 7) is 4.23. The van der Waals surface area contributed by atoms with Gasteiger partial charge in [0.25, 0.3) is 0 Å². The van der Waals surface area contributed by atoms with E-state index in [4.69, 9.17) is 4.52 Å². The second-order valence-electron chi connectivity index (χ2n) is 6.77. The monoisotopic (exact) mass is 401 g/mol. The van der Waals surface area contributed by atoms with Crippen molar-refractivity contribution in [1.82, 2.24) is 15.1 Å². The molecule has 2 aromatic heterocycles. The molecule has 1 unspecified atom stereocenters. The summed E-state index contributed by atoms with van der Waals surface area (Å²) in [5.41, 5.74) is 0.938. The van der Waals surface area contributed by atoms with E-state index in [2.05, 4.69) is 20.4 Å². The van der Waals surface area contributed by atoms with Crippen LogP contribution in [0.3, 0.4) is 0 Å². The maximum atomic E-state index is 14.9. The van der Waals surface area contributed by atoms with Crippen molar-refractivity contribution in [2.24, 2.45) is 0 Å². The molecule has 146 valence electrons. The molecule has 1 N–H and O–H groups in total. The van der Waals surface area contributed by atoms with Gasteiger partial charge in [0.1, 0.15) is 11.9 Å². The number of hydrogen-bond donors (Lipinski definition) is 1. The number of carbonyl (C=O) groups is 1. The Morgan fingerprint density at radius 1 is 1.36 bits per heavy atom. The van der Waals surface area contributed by atoms with Crippen molar-refractivity contribution in [2.45, 2.75) is 39.2 Å². The van der Waals surface area contributed by atoms with Crippen LogP contribution in [0, 0.1) is 19.7 Å². The average molecular weight is 401 g/mol. The number of carbonyl (C=O) groups excluding carboxylic acids is 1. The van der Waals surface area contributed by atoms with Crippen LogP contribution >= 0.6 is 11.3 Å². The van der Waals surface area contributed by atoms with Crippen molar-refractivity contribution in [3.05, 3.63) is 41.0 Å². The average Bonchev–Trinajstić information content (AvgIpc) is 3.30. The van der Waals surface area contributed by atoms with E-state index < -0.39 is 11.9 Å². The molecule has 0 bridgehead atoms. The highest BCUT2D eigenvalue weighted by Crippen LogP contribution is 2.31. The SMILES string of the molecule is Cc1nc(-c2ccc(N3CCCCC3C(=O)Nc3ncc(C)s3)c(F)c2)no1. The first-order valence-corrected chi connectivity index (χ1v) is 9.93. The van der Waals surface area contributed by atoms with Crippen LogP contribution in [0.25, 0.3) is 11.4 Å². The molecule has 1 saturated heterocycles. The first-order valence-electron chi connectivity index (χ1n) is 9.11. The number of nitrogens with zero attached hydrogens (tertiary/aromatic N) is 4. The summed E-state index contributed by atoms with van der Waals surface area (Å²) in [6.07, 6.45) is 4.22. The van der Waals surface area contributed by atoms with Crippen molar-refractivity contribution >= 4 is 28.1 Å². The maximum Gasteiger partial charge on any atom is 0.248 e. The largest absolute Gasteiger partial charge is 0.357 e. The van der Waals surface area contributed by atoms with E-state index in [9.17, 15) is 9.18 Å². The van der Waals surface area contributed by atoms with Crippen LogP contribution in [-0.2, 0) is 4.79 Å². The quantitative estimate of drug-likeness (QED) is 0.713. The fraction of sp³-hybridized carbons (Fsp3) is 0.368. The number of aromatic nitrogens is 3. The Kier molecular flexibility index (Phi) is 5.08. The van der Waals surface area contributed by atoms with E-state index in [-0.39, 0.29) is 5.91 Å². The van der Waals surface area contributed by atoms with Crippen LogP contribution < -0.4 is 10.2 Å². The molecule has 7 nitrogen and oxygen atoms in total. The Bertz CT molecular complexity index is 1000. The van der Waals surface area contributed by atoms with E-state index in [1.54, 1.807) is 25.3 Å². The van der Waals surface area contributed by atoms with Gasteiger partial charge >= 0.3 is 0 Å². The minimum absolute atomic E-state index is 0.161. The Hall–Kier alpha value is -2.81. The molecule has 1 atom stereocenters. The van der Waals surface area contributed by atoms with E-state index in [0.29, 0.717) is 41.1 Å². The normalized spacial score (nSPS) is 17.0. The van der Waals surface area contributed by atoms with Crippen molar-refractivity contribution < 1.29 is 13.7 Å². The first kappa shape index (κ1) is 18.5. The van der Waals surface area contributed by atoms with E-state index in [1.807, 2.05) is 11.8 Å². The number of nitrogens with one attached hydrogen (secondary N) is 1. The number of amides is 1. The minimum atomic E-state index is -0.439. The minimum Gasteiger partial charge on any atom is -0.357 e. The third-order valence-electron chi connectivity index (χ3n) is 4.70. The molecule has 0 radical (unpaired) electrons. The van der Waals surface area contributed by atoms with Gasteiger partial charge in [0.15, 0.2) is 5.13 Å². The fourth-order valence-electron chi connectivity index (χ4n) is 3.39. The lowest BCUT2D eigenvalue weighted by Gasteiger charge is -2.36. The summed E-state index contributed by atoms with van der Waals surface area (Å²) >= 11 is 1.42. The highest BCUT2D eigenvalue weighted by Gasteiger charge is 2.31. The van der Waals surface area contributed by atoms with Crippen LogP contribution in [0.2, 0.25) is 0 Å². The second-order valence-corrected chi connectivity index (χ2v) is 8.01. The van der Waals surface area contributed by atoms with Gasteiger partial charge in [-0.15, -0.1) is 11.3 Å². The predicted molar refractivity (Wildman–Crippen MR) is 105 cm³/mol. The second kappa shape index (κ2) is 7.67. The number of piperidine rings is 1. The van der Waals surface area contributed by atoms with Crippen LogP contribution in [0.4, 0.5) is 15.2 Å². The van der Waals surface area contributed by atoms with Crippen molar-refractivity contribution in [3.8, 4) is 11.4 Å². The third-order valence-corrected chi connectivity index (χ3v) is 5.53. The molecule has 1 aliphatic heterocycles. The third kappa shape index (κ3) is 3.75. The highest BCUT2D eigenvalue weighted by atomic mass is 32.1. The van der Waals surface area contributed by atoms with Crippen LogP contribution in [0.5, 0.6) is 0 Å². The Labute approximate surface area is 165 Å². The number of benzene rings is 1. The zero-order chi connectivity index (χ0) is 19.7. The summed E-state index contributed by atoms with van der Waals surface area (Å²) in [5, 5.41) is 7.25. The topological polar surface area (TPSA) is 84.2 Å². The zero-order valence-electron chi connectivity index (χ0n) is 15.6. The van der Waals surface area contributed by atoms with Crippen molar-refractivity contribution in [2.75, 3.05) is 16.8 Å². The van der Waals surface area contributed by atoms with Gasteiger partial charge in [0.05, 0.1) is 5.69 Å². The molecule has 0 spiro atoms. The lowest BCUT2D eigenvalue weighted by atomic mass is 10.00. The number of hydrogen-bond acceptors (Lipinski definition) is 7. The fourth-order valence-corrected chi connectivity index (χ4v) is 4.06. The number of anilines is 2. The van der Waals surface area contributed by atoms with Gasteiger partial charge in [-0.2, -0.15) is 4.98 Å². The summed E-state index contributed by atoms with van der Waals surface area (Å²) in [7, 11) is 0. The highest BCUT2D eigenvalue weighted by molar-refractivity contribution is 7.15. The molecule has 3 heterocycles. The van der Waals surface area contributed by atoms with Gasteiger partial charge in [0, 0.05) is 30.1 Å². The molecular weight excluding hydrogens is 381 g/mol. The van der Waals surface area contributed by atoms with Gasteiger partial charge in [-0.25, -0.2) is 9.37 Å². The number of thiazole rings is 1. The molecule has 1 fully saturated rings. The summed E-state index contributed by atoms with van der Waals surface area (Å²) in [6, 6.07) is 4.37. The standard InChI is InChI=1S/C19H20FN5O2S/c1-11-10-21-19(28-11)23-18(26)16-5-3-4-8-25(16)15-7-6-13(9-14(15)20)17-22-12(2)27-24-17/h6-7,9-10,16H,3-5,8H2,1-2H3,(H,21,23,26). The van der Waals surface area contributed by atoms with E-state index >= 15 is 0 Å². The molecule has 4 rings (SSSR count). The Morgan fingerprint density at radius 3 is 2.89 bits per heavy atom. The molecule has 1 aromatic carbocycles. The van der Waals surface area contributed by atoms with E-state index in [0.717, 1.165) is 17.7 Å².